The van der Waals surface area contributed by atoms with Gasteiger partial charge in [-0.05, 0) is 37.7 Å². The Morgan fingerprint density at radius 3 is 3.21 bits per heavy atom. The van der Waals surface area contributed by atoms with E-state index in [4.69, 9.17) is 5.73 Å². The van der Waals surface area contributed by atoms with Gasteiger partial charge in [0.15, 0.2) is 0 Å². The van der Waals surface area contributed by atoms with Crippen molar-refractivity contribution in [1.82, 2.24) is 9.78 Å². The molecule has 2 bridgehead atoms. The first kappa shape index (κ1) is 8.48. The van der Waals surface area contributed by atoms with E-state index in [1.165, 1.54) is 24.1 Å². The van der Waals surface area contributed by atoms with Crippen LogP contribution >= 0.6 is 0 Å². The van der Waals surface area contributed by atoms with Gasteiger partial charge in [-0.1, -0.05) is 0 Å². The van der Waals surface area contributed by atoms with E-state index in [1.807, 2.05) is 6.20 Å². The molecule has 3 atom stereocenters. The molecular formula is C11H17N3. The lowest BCUT2D eigenvalue weighted by Crippen LogP contribution is -2.35. The van der Waals surface area contributed by atoms with Crippen LogP contribution in [0.2, 0.25) is 0 Å². The lowest BCUT2D eigenvalue weighted by Gasteiger charge is -2.27. The second kappa shape index (κ2) is 2.83. The van der Waals surface area contributed by atoms with Gasteiger partial charge < -0.3 is 5.73 Å². The topological polar surface area (TPSA) is 43.8 Å². The van der Waals surface area contributed by atoms with Crippen LogP contribution < -0.4 is 5.73 Å². The highest BCUT2D eigenvalue weighted by molar-refractivity contribution is 5.31. The van der Waals surface area contributed by atoms with E-state index in [9.17, 15) is 0 Å². The Morgan fingerprint density at radius 2 is 2.43 bits per heavy atom. The number of nitrogens with zero attached hydrogens (tertiary/aromatic N) is 2. The Morgan fingerprint density at radius 1 is 1.57 bits per heavy atom. The lowest BCUT2D eigenvalue weighted by atomic mass is 9.83. The van der Waals surface area contributed by atoms with Crippen molar-refractivity contribution in [2.24, 2.45) is 11.7 Å². The summed E-state index contributed by atoms with van der Waals surface area (Å²) in [5, 5.41) is 4.43. The van der Waals surface area contributed by atoms with Gasteiger partial charge in [0.2, 0.25) is 0 Å². The largest absolute Gasteiger partial charge is 0.327 e. The van der Waals surface area contributed by atoms with Crippen LogP contribution in [0, 0.1) is 5.92 Å². The van der Waals surface area contributed by atoms with Crippen molar-refractivity contribution in [3.05, 3.63) is 17.5 Å². The highest BCUT2D eigenvalue weighted by Gasteiger charge is 2.41. The maximum Gasteiger partial charge on any atom is 0.0528 e. The predicted octanol–water partition coefficient (Wildman–Crippen LogP) is 1.28. The van der Waals surface area contributed by atoms with Crippen molar-refractivity contribution in [2.45, 2.75) is 44.7 Å². The highest BCUT2D eigenvalue weighted by Crippen LogP contribution is 2.45. The van der Waals surface area contributed by atoms with Crippen LogP contribution in [0.3, 0.4) is 0 Å². The maximum atomic E-state index is 6.21. The zero-order valence-electron chi connectivity index (χ0n) is 8.61. The molecule has 76 valence electrons. The van der Waals surface area contributed by atoms with E-state index < -0.39 is 0 Å². The molecule has 3 rings (SSSR count). The van der Waals surface area contributed by atoms with E-state index in [2.05, 4.69) is 16.7 Å². The molecular weight excluding hydrogens is 174 g/mol. The molecule has 0 saturated heterocycles. The summed E-state index contributed by atoms with van der Waals surface area (Å²) < 4.78 is 2.15. The molecule has 0 aromatic carbocycles. The second-order valence-electron chi connectivity index (χ2n) is 4.59. The molecule has 3 nitrogen and oxygen atoms in total. The number of rotatable bonds is 1. The zero-order valence-corrected chi connectivity index (χ0v) is 8.61. The number of aryl methyl sites for hydroxylation is 1. The molecule has 0 spiro atoms. The molecule has 1 fully saturated rings. The van der Waals surface area contributed by atoms with E-state index in [0.29, 0.717) is 12.0 Å². The molecule has 0 aliphatic heterocycles. The monoisotopic (exact) mass is 191 g/mol. The van der Waals surface area contributed by atoms with E-state index in [-0.39, 0.29) is 0 Å². The van der Waals surface area contributed by atoms with Crippen LogP contribution in [-0.2, 0) is 13.0 Å². The summed E-state index contributed by atoms with van der Waals surface area (Å²) in [6.45, 7) is 3.15. The summed E-state index contributed by atoms with van der Waals surface area (Å²) in [7, 11) is 0. The average Bonchev–Trinajstić information content (AvgIpc) is 2.68. The fourth-order valence-corrected chi connectivity index (χ4v) is 3.19. The van der Waals surface area contributed by atoms with Gasteiger partial charge in [-0.15, -0.1) is 0 Å². The number of hydrogen-bond acceptors (Lipinski definition) is 2. The van der Waals surface area contributed by atoms with Crippen molar-refractivity contribution in [3.8, 4) is 0 Å². The van der Waals surface area contributed by atoms with Gasteiger partial charge in [0.05, 0.1) is 6.20 Å². The van der Waals surface area contributed by atoms with Gasteiger partial charge in [0.1, 0.15) is 0 Å². The van der Waals surface area contributed by atoms with Crippen molar-refractivity contribution < 1.29 is 0 Å². The minimum absolute atomic E-state index is 0.400. The third kappa shape index (κ3) is 0.934. The minimum atomic E-state index is 0.400. The summed E-state index contributed by atoms with van der Waals surface area (Å²) in [6, 6.07) is 0.400. The maximum absolute atomic E-state index is 6.21. The van der Waals surface area contributed by atoms with Crippen LogP contribution in [-0.4, -0.2) is 15.8 Å². The lowest BCUT2D eigenvalue weighted by molar-refractivity contribution is 0.416. The van der Waals surface area contributed by atoms with Gasteiger partial charge in [0, 0.05) is 24.2 Å². The van der Waals surface area contributed by atoms with Crippen LogP contribution in [0.1, 0.15) is 36.9 Å². The van der Waals surface area contributed by atoms with Crippen LogP contribution in [0.15, 0.2) is 6.20 Å². The molecule has 3 heteroatoms. The van der Waals surface area contributed by atoms with Crippen LogP contribution in [0.5, 0.6) is 0 Å². The van der Waals surface area contributed by atoms with Crippen molar-refractivity contribution in [3.63, 3.8) is 0 Å². The Labute approximate surface area is 84.3 Å². The highest BCUT2D eigenvalue weighted by atomic mass is 15.3. The van der Waals surface area contributed by atoms with Gasteiger partial charge in [-0.2, -0.15) is 5.10 Å². The molecule has 2 N–H and O–H groups in total. The van der Waals surface area contributed by atoms with E-state index in [1.54, 1.807) is 0 Å². The van der Waals surface area contributed by atoms with Gasteiger partial charge in [-0.25, -0.2) is 0 Å². The quantitative estimate of drug-likeness (QED) is 0.726. The molecule has 14 heavy (non-hydrogen) atoms. The molecule has 0 amide bonds. The molecule has 1 heterocycles. The fraction of sp³-hybridized carbons (Fsp3) is 0.727. The number of nitrogens with two attached hydrogens (primary N) is 1. The van der Waals surface area contributed by atoms with Crippen LogP contribution in [0.4, 0.5) is 0 Å². The first-order chi connectivity index (χ1) is 6.81. The molecule has 1 aromatic rings. The average molecular weight is 191 g/mol. The smallest absolute Gasteiger partial charge is 0.0528 e. The fourth-order valence-electron chi connectivity index (χ4n) is 3.19. The van der Waals surface area contributed by atoms with Gasteiger partial charge in [-0.3, -0.25) is 4.68 Å². The third-order valence-corrected chi connectivity index (χ3v) is 3.99. The number of fused-ring (bicyclic) bond motifs is 4. The first-order valence-electron chi connectivity index (χ1n) is 5.61. The molecule has 2 aliphatic carbocycles. The Hall–Kier alpha value is -0.830. The number of hydrogen-bond donors (Lipinski definition) is 1. The molecule has 1 saturated carbocycles. The van der Waals surface area contributed by atoms with E-state index in [0.717, 1.165) is 18.9 Å². The first-order valence-corrected chi connectivity index (χ1v) is 5.61. The van der Waals surface area contributed by atoms with Crippen molar-refractivity contribution in [2.75, 3.05) is 0 Å². The summed E-state index contributed by atoms with van der Waals surface area (Å²) in [6.07, 6.45) is 5.78. The van der Waals surface area contributed by atoms with Crippen molar-refractivity contribution in [1.29, 1.82) is 0 Å². The summed E-state index contributed by atoms with van der Waals surface area (Å²) >= 11 is 0. The Bertz CT molecular complexity index is 355. The third-order valence-electron chi connectivity index (χ3n) is 3.99. The minimum Gasteiger partial charge on any atom is -0.327 e. The Kier molecular flexibility index (Phi) is 1.71. The summed E-state index contributed by atoms with van der Waals surface area (Å²) in [4.78, 5) is 0. The molecule has 0 unspecified atom stereocenters. The standard InChI is InChI=1S/C11H17N3/c1-2-14-10-5-7-3-4-8(11(7)12)9(10)6-13-14/h6-8,11H,2-5,12H2,1H3/t7-,8-,11-/m1/s1. The second-order valence-corrected chi connectivity index (χ2v) is 4.59. The number of aromatic nitrogens is 2. The van der Waals surface area contributed by atoms with Crippen LogP contribution in [0.25, 0.3) is 0 Å². The van der Waals surface area contributed by atoms with Gasteiger partial charge in [0.25, 0.3) is 0 Å². The summed E-state index contributed by atoms with van der Waals surface area (Å²) in [5.41, 5.74) is 9.11. The predicted molar refractivity (Wildman–Crippen MR) is 55.0 cm³/mol. The normalized spacial score (nSPS) is 34.6. The SMILES string of the molecule is CCn1ncc2c1C[C@H]1CC[C@H]2[C@@H]1N. The zero-order chi connectivity index (χ0) is 9.71. The Balaban J connectivity index is 2.08. The van der Waals surface area contributed by atoms with E-state index >= 15 is 0 Å². The van der Waals surface area contributed by atoms with Gasteiger partial charge >= 0.3 is 0 Å². The molecule has 1 aromatic heterocycles. The molecule has 0 radical (unpaired) electrons. The summed E-state index contributed by atoms with van der Waals surface area (Å²) in [5.74, 6) is 1.32. The molecule has 2 aliphatic rings. The van der Waals surface area contributed by atoms with Crippen molar-refractivity contribution >= 4 is 0 Å².